The molecule has 3 N–H and O–H groups in total. The maximum atomic E-state index is 10.8. The smallest absolute Gasteiger partial charge is 0.378 e. The van der Waals surface area contributed by atoms with Crippen LogP contribution in [0.4, 0.5) is 0 Å². The highest BCUT2D eigenvalue weighted by molar-refractivity contribution is 5.90. The molecule has 1 aliphatic rings. The van der Waals surface area contributed by atoms with Crippen molar-refractivity contribution >= 4 is 11.9 Å². The van der Waals surface area contributed by atoms with Crippen molar-refractivity contribution in [2.75, 3.05) is 7.11 Å². The number of methoxy groups -OCH3 is 1. The monoisotopic (exact) mass is 204 g/mol. The normalized spacial score (nSPS) is 23.3. The number of carbonyl (C=O) groups is 2. The first kappa shape index (κ1) is 10.3. The van der Waals surface area contributed by atoms with E-state index >= 15 is 0 Å². The third-order valence-corrected chi connectivity index (χ3v) is 1.67. The molecule has 0 aromatic rings. The zero-order valence-electron chi connectivity index (χ0n) is 7.13. The van der Waals surface area contributed by atoms with Gasteiger partial charge in [-0.1, -0.05) is 0 Å². The summed E-state index contributed by atoms with van der Waals surface area (Å²) in [6.07, 6.45) is -3.46. The van der Waals surface area contributed by atoms with Crippen LogP contribution in [0.2, 0.25) is 0 Å². The highest BCUT2D eigenvalue weighted by Crippen LogP contribution is 2.21. The molecule has 2 atom stereocenters. The zero-order chi connectivity index (χ0) is 10.9. The summed E-state index contributed by atoms with van der Waals surface area (Å²) in [4.78, 5) is 21.4. The van der Waals surface area contributed by atoms with E-state index in [0.717, 1.165) is 7.11 Å². The molecule has 0 aromatic carbocycles. The lowest BCUT2D eigenvalue weighted by Crippen LogP contribution is -2.36. The van der Waals surface area contributed by atoms with E-state index in [4.69, 9.17) is 15.3 Å². The lowest BCUT2D eigenvalue weighted by Gasteiger charge is -2.14. The van der Waals surface area contributed by atoms with Crippen LogP contribution >= 0.6 is 0 Å². The average Bonchev–Trinajstić information content (AvgIpc) is 2.43. The first-order valence-corrected chi connectivity index (χ1v) is 3.58. The number of hydrogen-bond acceptors (Lipinski definition) is 7. The van der Waals surface area contributed by atoms with Crippen molar-refractivity contribution in [1.29, 1.82) is 0 Å². The van der Waals surface area contributed by atoms with Crippen LogP contribution in [-0.2, 0) is 19.1 Å². The summed E-state index contributed by atoms with van der Waals surface area (Å²) in [7, 11) is 1.02. The Morgan fingerprint density at radius 3 is 2.50 bits per heavy atom. The van der Waals surface area contributed by atoms with Gasteiger partial charge >= 0.3 is 11.9 Å². The molecule has 0 radical (unpaired) electrons. The van der Waals surface area contributed by atoms with Crippen molar-refractivity contribution in [3.8, 4) is 0 Å². The van der Waals surface area contributed by atoms with Crippen molar-refractivity contribution in [3.05, 3.63) is 11.5 Å². The van der Waals surface area contributed by atoms with Gasteiger partial charge in [0.25, 0.3) is 0 Å². The molecule has 1 heterocycles. The SMILES string of the molecule is COC(=O)[C@H](O)[C@H]1OC(=O)C(O)=C1O. The first-order valence-electron chi connectivity index (χ1n) is 3.58. The summed E-state index contributed by atoms with van der Waals surface area (Å²) in [5, 5.41) is 27.1. The Labute approximate surface area is 78.2 Å². The lowest BCUT2D eigenvalue weighted by molar-refractivity contribution is -0.162. The second kappa shape index (κ2) is 3.54. The van der Waals surface area contributed by atoms with E-state index in [1.54, 1.807) is 0 Å². The minimum absolute atomic E-state index is 0.882. The third-order valence-electron chi connectivity index (χ3n) is 1.67. The number of esters is 2. The van der Waals surface area contributed by atoms with Crippen LogP contribution in [0.25, 0.3) is 0 Å². The van der Waals surface area contributed by atoms with Crippen LogP contribution < -0.4 is 0 Å². The molecule has 0 unspecified atom stereocenters. The summed E-state index contributed by atoms with van der Waals surface area (Å²) in [6.45, 7) is 0. The van der Waals surface area contributed by atoms with Gasteiger partial charge in [-0.2, -0.15) is 0 Å². The number of ether oxygens (including phenoxy) is 2. The minimum Gasteiger partial charge on any atom is -0.505 e. The van der Waals surface area contributed by atoms with Crippen molar-refractivity contribution in [1.82, 2.24) is 0 Å². The second-order valence-electron chi connectivity index (χ2n) is 2.53. The molecule has 78 valence electrons. The van der Waals surface area contributed by atoms with E-state index in [1.165, 1.54) is 0 Å². The van der Waals surface area contributed by atoms with E-state index in [9.17, 15) is 9.59 Å². The lowest BCUT2D eigenvalue weighted by atomic mass is 10.2. The Hall–Kier alpha value is -1.76. The zero-order valence-corrected chi connectivity index (χ0v) is 7.13. The average molecular weight is 204 g/mol. The van der Waals surface area contributed by atoms with Gasteiger partial charge in [-0.05, 0) is 0 Å². The number of cyclic esters (lactones) is 1. The number of hydrogen-bond donors (Lipinski definition) is 3. The fraction of sp³-hybridized carbons (Fsp3) is 0.429. The van der Waals surface area contributed by atoms with Gasteiger partial charge in [-0.3, -0.25) is 0 Å². The molecule has 0 aromatic heterocycles. The topological polar surface area (TPSA) is 113 Å². The predicted octanol–water partition coefficient (Wildman–Crippen LogP) is -1.23. The van der Waals surface area contributed by atoms with Crippen LogP contribution in [0.1, 0.15) is 0 Å². The van der Waals surface area contributed by atoms with Crippen LogP contribution in [0, 0.1) is 0 Å². The summed E-state index contributed by atoms with van der Waals surface area (Å²) >= 11 is 0. The molecule has 7 nitrogen and oxygen atoms in total. The molecule has 1 rings (SSSR count). The van der Waals surface area contributed by atoms with Gasteiger partial charge in [0.2, 0.25) is 5.76 Å². The molecule has 0 fully saturated rings. The number of aliphatic hydroxyl groups is 3. The Balaban J connectivity index is 2.83. The standard InChI is InChI=1S/C7H8O7/c1-13-6(11)4(10)5-2(8)3(9)7(12)14-5/h4-5,8-10H,1H3/t4-,5+/m1/s1. The van der Waals surface area contributed by atoms with Gasteiger partial charge in [-0.25, -0.2) is 9.59 Å². The number of carbonyl (C=O) groups excluding carboxylic acids is 2. The van der Waals surface area contributed by atoms with E-state index in [0.29, 0.717) is 0 Å². The van der Waals surface area contributed by atoms with Gasteiger partial charge in [0.05, 0.1) is 7.11 Å². The van der Waals surface area contributed by atoms with Crippen LogP contribution in [0.15, 0.2) is 11.5 Å². The van der Waals surface area contributed by atoms with E-state index in [1.807, 2.05) is 0 Å². The van der Waals surface area contributed by atoms with Crippen LogP contribution in [0.5, 0.6) is 0 Å². The number of aliphatic hydroxyl groups excluding tert-OH is 3. The summed E-state index contributed by atoms with van der Waals surface area (Å²) in [6, 6.07) is 0. The first-order chi connectivity index (χ1) is 6.49. The predicted molar refractivity (Wildman–Crippen MR) is 40.2 cm³/mol. The Morgan fingerprint density at radius 2 is 2.14 bits per heavy atom. The highest BCUT2D eigenvalue weighted by Gasteiger charge is 2.42. The molecule has 0 bridgehead atoms. The molecule has 0 saturated carbocycles. The second-order valence-corrected chi connectivity index (χ2v) is 2.53. The van der Waals surface area contributed by atoms with Crippen molar-refractivity contribution in [2.45, 2.75) is 12.2 Å². The van der Waals surface area contributed by atoms with Crippen LogP contribution in [-0.4, -0.2) is 46.6 Å². The molecular weight excluding hydrogens is 196 g/mol. The number of rotatable bonds is 2. The molecule has 0 saturated heterocycles. The maximum Gasteiger partial charge on any atom is 0.378 e. The van der Waals surface area contributed by atoms with E-state index < -0.39 is 35.7 Å². The minimum atomic E-state index is -1.85. The Bertz CT molecular complexity index is 305. The molecule has 0 spiro atoms. The van der Waals surface area contributed by atoms with Crippen molar-refractivity contribution in [2.24, 2.45) is 0 Å². The molecule has 7 heteroatoms. The third kappa shape index (κ3) is 1.49. The van der Waals surface area contributed by atoms with Crippen molar-refractivity contribution < 1.29 is 34.4 Å². The summed E-state index contributed by atoms with van der Waals surface area (Å²) in [5.41, 5.74) is 0. The van der Waals surface area contributed by atoms with Gasteiger partial charge in [0.1, 0.15) is 0 Å². The molecule has 0 amide bonds. The Kier molecular flexibility index (Phi) is 2.61. The quantitative estimate of drug-likeness (QED) is 0.482. The fourth-order valence-electron chi connectivity index (χ4n) is 0.925. The van der Waals surface area contributed by atoms with Gasteiger partial charge in [0, 0.05) is 0 Å². The van der Waals surface area contributed by atoms with Gasteiger partial charge < -0.3 is 24.8 Å². The van der Waals surface area contributed by atoms with E-state index in [-0.39, 0.29) is 0 Å². The van der Waals surface area contributed by atoms with Crippen molar-refractivity contribution in [3.63, 3.8) is 0 Å². The van der Waals surface area contributed by atoms with E-state index in [2.05, 4.69) is 9.47 Å². The molecular formula is C7H8O7. The highest BCUT2D eigenvalue weighted by atomic mass is 16.6. The molecule has 14 heavy (non-hydrogen) atoms. The maximum absolute atomic E-state index is 10.8. The molecule has 0 aliphatic carbocycles. The van der Waals surface area contributed by atoms with Crippen LogP contribution in [0.3, 0.4) is 0 Å². The largest absolute Gasteiger partial charge is 0.505 e. The fourth-order valence-corrected chi connectivity index (χ4v) is 0.925. The van der Waals surface area contributed by atoms with Gasteiger partial charge in [0.15, 0.2) is 18.0 Å². The van der Waals surface area contributed by atoms with Gasteiger partial charge in [-0.15, -0.1) is 0 Å². The Morgan fingerprint density at radius 1 is 1.57 bits per heavy atom. The summed E-state index contributed by atoms with van der Waals surface area (Å²) < 4.78 is 8.45. The molecule has 1 aliphatic heterocycles. The summed E-state index contributed by atoms with van der Waals surface area (Å²) in [5.74, 6) is -4.18.